The highest BCUT2D eigenvalue weighted by Crippen LogP contribution is 2.39. The smallest absolute Gasteiger partial charge is 0.179 e. The van der Waals surface area contributed by atoms with Crippen LogP contribution in [0.2, 0.25) is 0 Å². The topological polar surface area (TPSA) is 40.5 Å². The van der Waals surface area contributed by atoms with Crippen LogP contribution in [0.4, 0.5) is 0 Å². The lowest BCUT2D eigenvalue weighted by atomic mass is 9.95. The third-order valence-corrected chi connectivity index (χ3v) is 3.27. The summed E-state index contributed by atoms with van der Waals surface area (Å²) in [6, 6.07) is 9.93. The first-order valence-corrected chi connectivity index (χ1v) is 6.05. The van der Waals surface area contributed by atoms with Crippen LogP contribution in [0.3, 0.4) is 0 Å². The van der Waals surface area contributed by atoms with Crippen LogP contribution < -0.4 is 0 Å². The van der Waals surface area contributed by atoms with E-state index in [1.54, 1.807) is 19.2 Å². The molecule has 19 heavy (non-hydrogen) atoms. The lowest BCUT2D eigenvalue weighted by molar-refractivity contribution is -0.110. The number of hydrogen-bond acceptors (Lipinski definition) is 3. The van der Waals surface area contributed by atoms with Crippen molar-refractivity contribution in [3.8, 4) is 0 Å². The molecule has 0 heterocycles. The Kier molecular flexibility index (Phi) is 2.69. The molecule has 3 heteroatoms. The standard InChI is InChI=1S/C16H13NO2/c1-17(19)16-10-14(11-5-3-2-4-6-11)13-8-7-12(18)9-15(13)16/h2-10,19H,1H3. The van der Waals surface area contributed by atoms with Crippen molar-refractivity contribution in [3.05, 3.63) is 77.0 Å². The first-order chi connectivity index (χ1) is 9.16. The van der Waals surface area contributed by atoms with Gasteiger partial charge in [-0.05, 0) is 41.0 Å². The summed E-state index contributed by atoms with van der Waals surface area (Å²) in [6.45, 7) is 0. The van der Waals surface area contributed by atoms with Gasteiger partial charge in [0.05, 0.1) is 5.70 Å². The number of fused-ring (bicyclic) bond motifs is 1. The van der Waals surface area contributed by atoms with Crippen LogP contribution in [0, 0.1) is 0 Å². The van der Waals surface area contributed by atoms with Gasteiger partial charge < -0.3 is 0 Å². The molecule has 0 unspecified atom stereocenters. The molecule has 3 rings (SSSR count). The largest absolute Gasteiger partial charge is 0.290 e. The number of carbonyl (C=O) groups is 1. The molecule has 1 aromatic rings. The predicted octanol–water partition coefficient (Wildman–Crippen LogP) is 2.72. The zero-order valence-electron chi connectivity index (χ0n) is 10.5. The molecule has 0 fully saturated rings. The normalized spacial score (nSPS) is 17.3. The van der Waals surface area contributed by atoms with Crippen molar-refractivity contribution in [1.29, 1.82) is 0 Å². The average Bonchev–Trinajstić information content (AvgIpc) is 2.78. The Morgan fingerprint density at radius 2 is 1.74 bits per heavy atom. The van der Waals surface area contributed by atoms with Gasteiger partial charge in [-0.25, -0.2) is 0 Å². The molecule has 0 atom stereocenters. The van der Waals surface area contributed by atoms with Gasteiger partial charge in [-0.15, -0.1) is 0 Å². The first kappa shape index (κ1) is 11.7. The van der Waals surface area contributed by atoms with E-state index in [-0.39, 0.29) is 5.78 Å². The third-order valence-electron chi connectivity index (χ3n) is 3.27. The number of allylic oxidation sites excluding steroid dienone is 6. The van der Waals surface area contributed by atoms with Gasteiger partial charge in [0, 0.05) is 12.6 Å². The van der Waals surface area contributed by atoms with Gasteiger partial charge in [-0.2, -0.15) is 0 Å². The second-order valence-electron chi connectivity index (χ2n) is 4.54. The summed E-state index contributed by atoms with van der Waals surface area (Å²) >= 11 is 0. The number of hydrogen-bond donors (Lipinski definition) is 1. The van der Waals surface area contributed by atoms with Crippen molar-refractivity contribution in [2.75, 3.05) is 7.05 Å². The molecular formula is C16H13NO2. The molecule has 0 saturated heterocycles. The van der Waals surface area contributed by atoms with E-state index in [1.807, 2.05) is 42.5 Å². The Morgan fingerprint density at radius 1 is 1.00 bits per heavy atom. The van der Waals surface area contributed by atoms with Gasteiger partial charge in [-0.3, -0.25) is 15.1 Å². The minimum Gasteiger partial charge on any atom is -0.290 e. The molecule has 3 nitrogen and oxygen atoms in total. The van der Waals surface area contributed by atoms with Gasteiger partial charge in [0.2, 0.25) is 0 Å². The van der Waals surface area contributed by atoms with E-state index >= 15 is 0 Å². The number of ketones is 1. The third kappa shape index (κ3) is 1.94. The van der Waals surface area contributed by atoms with Gasteiger partial charge in [0.25, 0.3) is 0 Å². The monoisotopic (exact) mass is 251 g/mol. The van der Waals surface area contributed by atoms with E-state index in [9.17, 15) is 10.0 Å². The first-order valence-electron chi connectivity index (χ1n) is 6.05. The maximum Gasteiger partial charge on any atom is 0.179 e. The molecule has 0 radical (unpaired) electrons. The molecule has 0 saturated carbocycles. The lowest BCUT2D eigenvalue weighted by Gasteiger charge is -2.16. The van der Waals surface area contributed by atoms with E-state index in [0.717, 1.165) is 27.3 Å². The maximum absolute atomic E-state index is 11.5. The van der Waals surface area contributed by atoms with E-state index in [1.165, 1.54) is 0 Å². The van der Waals surface area contributed by atoms with E-state index in [0.29, 0.717) is 5.70 Å². The second-order valence-corrected chi connectivity index (χ2v) is 4.54. The maximum atomic E-state index is 11.5. The summed E-state index contributed by atoms with van der Waals surface area (Å²) < 4.78 is 0. The van der Waals surface area contributed by atoms with Crippen molar-refractivity contribution in [2.24, 2.45) is 0 Å². The molecule has 0 amide bonds. The summed E-state index contributed by atoms with van der Waals surface area (Å²) in [4.78, 5) is 11.5. The van der Waals surface area contributed by atoms with Gasteiger partial charge in [-0.1, -0.05) is 30.3 Å². The fourth-order valence-electron chi connectivity index (χ4n) is 2.39. The van der Waals surface area contributed by atoms with Crippen LogP contribution in [0.5, 0.6) is 0 Å². The minimum atomic E-state index is -0.0548. The van der Waals surface area contributed by atoms with Gasteiger partial charge in [0.1, 0.15) is 0 Å². The highest BCUT2D eigenvalue weighted by Gasteiger charge is 2.25. The van der Waals surface area contributed by atoms with Crippen LogP contribution in [0.1, 0.15) is 5.56 Å². The Morgan fingerprint density at radius 3 is 2.42 bits per heavy atom. The summed E-state index contributed by atoms with van der Waals surface area (Å²) in [6.07, 6.45) is 6.83. The fourth-order valence-corrected chi connectivity index (χ4v) is 2.39. The summed E-state index contributed by atoms with van der Waals surface area (Å²) in [7, 11) is 1.56. The fraction of sp³-hybridized carbons (Fsp3) is 0.0625. The van der Waals surface area contributed by atoms with Crippen molar-refractivity contribution in [1.82, 2.24) is 5.06 Å². The van der Waals surface area contributed by atoms with E-state index in [4.69, 9.17) is 0 Å². The number of carbonyl (C=O) groups excluding carboxylic acids is 1. The van der Waals surface area contributed by atoms with Crippen molar-refractivity contribution in [2.45, 2.75) is 0 Å². The number of nitrogens with zero attached hydrogens (tertiary/aromatic N) is 1. The van der Waals surface area contributed by atoms with Crippen LogP contribution >= 0.6 is 0 Å². The molecule has 0 aliphatic heterocycles. The molecule has 0 aromatic heterocycles. The average molecular weight is 251 g/mol. The Balaban J connectivity index is 2.18. The van der Waals surface area contributed by atoms with Gasteiger partial charge in [0.15, 0.2) is 5.78 Å². The Bertz CT molecular complexity index is 661. The van der Waals surface area contributed by atoms with Crippen molar-refractivity contribution < 1.29 is 10.0 Å². The SMILES string of the molecule is CN(O)C1=CC(c2ccccc2)=C2C=CC(=O)C=C12. The summed E-state index contributed by atoms with van der Waals surface area (Å²) in [5.74, 6) is -0.0548. The number of likely N-dealkylation sites (N-methyl/N-ethyl adjacent to an activating group) is 1. The lowest BCUT2D eigenvalue weighted by Crippen LogP contribution is -2.14. The molecule has 1 aromatic carbocycles. The molecular weight excluding hydrogens is 238 g/mol. The predicted molar refractivity (Wildman–Crippen MR) is 73.2 cm³/mol. The zero-order chi connectivity index (χ0) is 13.4. The van der Waals surface area contributed by atoms with Crippen LogP contribution in [0.15, 0.2) is 71.5 Å². The van der Waals surface area contributed by atoms with E-state index < -0.39 is 0 Å². The molecule has 0 bridgehead atoms. The summed E-state index contributed by atoms with van der Waals surface area (Å²) in [5, 5.41) is 10.8. The quantitative estimate of drug-likeness (QED) is 0.822. The molecule has 2 aliphatic rings. The highest BCUT2D eigenvalue weighted by atomic mass is 16.5. The zero-order valence-corrected chi connectivity index (χ0v) is 10.5. The number of benzene rings is 1. The second kappa shape index (κ2) is 4.37. The molecule has 1 N–H and O–H groups in total. The van der Waals surface area contributed by atoms with Gasteiger partial charge >= 0.3 is 0 Å². The van der Waals surface area contributed by atoms with Crippen molar-refractivity contribution >= 4 is 11.4 Å². The van der Waals surface area contributed by atoms with E-state index in [2.05, 4.69) is 0 Å². The van der Waals surface area contributed by atoms with Crippen LogP contribution in [-0.4, -0.2) is 23.1 Å². The van der Waals surface area contributed by atoms with Crippen molar-refractivity contribution in [3.63, 3.8) is 0 Å². The number of rotatable bonds is 2. The number of hydroxylamine groups is 2. The molecule has 94 valence electrons. The summed E-state index contributed by atoms with van der Waals surface area (Å²) in [5.41, 5.74) is 4.48. The van der Waals surface area contributed by atoms with Crippen LogP contribution in [0.25, 0.3) is 5.57 Å². The van der Waals surface area contributed by atoms with Crippen LogP contribution in [-0.2, 0) is 4.79 Å². The minimum absolute atomic E-state index is 0.0548. The highest BCUT2D eigenvalue weighted by molar-refractivity contribution is 6.06. The Hall–Kier alpha value is -2.39. The molecule has 0 spiro atoms. The molecule has 2 aliphatic carbocycles. The Labute approximate surface area is 111 Å².